The van der Waals surface area contributed by atoms with Crippen molar-refractivity contribution in [3.63, 3.8) is 0 Å². The summed E-state index contributed by atoms with van der Waals surface area (Å²) < 4.78 is 0. The van der Waals surface area contributed by atoms with E-state index in [1.165, 1.54) is 4.90 Å². The van der Waals surface area contributed by atoms with E-state index in [4.69, 9.17) is 11.6 Å². The molecule has 2 N–H and O–H groups in total. The summed E-state index contributed by atoms with van der Waals surface area (Å²) in [6.45, 7) is 0. The van der Waals surface area contributed by atoms with Gasteiger partial charge < -0.3 is 5.32 Å². The highest BCUT2D eigenvalue weighted by atomic mass is 35.5. The molecule has 1 aliphatic heterocycles. The average Bonchev–Trinajstić information content (AvgIpc) is 3.10. The monoisotopic (exact) mass is 265 g/mol. The second-order valence-electron chi connectivity index (χ2n) is 4.88. The van der Waals surface area contributed by atoms with Crippen molar-refractivity contribution in [2.24, 2.45) is 0 Å². The Kier molecular flexibility index (Phi) is 2.84. The molecular weight excluding hydrogens is 252 g/mol. The van der Waals surface area contributed by atoms with Crippen LogP contribution in [-0.4, -0.2) is 23.9 Å². The topological polar surface area (TPSA) is 54.0 Å². The van der Waals surface area contributed by atoms with Gasteiger partial charge in [-0.15, -0.1) is 0 Å². The van der Waals surface area contributed by atoms with Crippen molar-refractivity contribution in [1.82, 2.24) is 0 Å². The Morgan fingerprint density at radius 3 is 2.44 bits per heavy atom. The van der Waals surface area contributed by atoms with Crippen molar-refractivity contribution in [2.75, 3.05) is 4.90 Å². The molecule has 0 aromatic heterocycles. The zero-order valence-corrected chi connectivity index (χ0v) is 10.6. The molecule has 18 heavy (non-hydrogen) atoms. The number of carbonyl (C=O) groups excluding carboxylic acids is 2. The number of amides is 2. The molecule has 5 heteroatoms. The summed E-state index contributed by atoms with van der Waals surface area (Å²) in [6.07, 6.45) is 2.61. The molecule has 1 aliphatic carbocycles. The summed E-state index contributed by atoms with van der Waals surface area (Å²) in [5.41, 5.74) is 0.612. The molecule has 0 radical (unpaired) electrons. The van der Waals surface area contributed by atoms with Crippen LogP contribution in [0.5, 0.6) is 0 Å². The van der Waals surface area contributed by atoms with E-state index in [1.54, 1.807) is 24.3 Å². The lowest BCUT2D eigenvalue weighted by molar-refractivity contribution is -0.687. The van der Waals surface area contributed by atoms with Crippen molar-refractivity contribution in [3.8, 4) is 0 Å². The Morgan fingerprint density at radius 1 is 1.17 bits per heavy atom. The Bertz CT molecular complexity index is 496. The molecule has 0 spiro atoms. The van der Waals surface area contributed by atoms with Gasteiger partial charge >= 0.3 is 0 Å². The van der Waals surface area contributed by atoms with Gasteiger partial charge in [-0.25, -0.2) is 4.90 Å². The second kappa shape index (κ2) is 4.37. The lowest BCUT2D eigenvalue weighted by Crippen LogP contribution is -2.93. The summed E-state index contributed by atoms with van der Waals surface area (Å²) in [5, 5.41) is 2.63. The van der Waals surface area contributed by atoms with Gasteiger partial charge in [-0.2, -0.15) is 0 Å². The van der Waals surface area contributed by atoms with E-state index < -0.39 is 0 Å². The van der Waals surface area contributed by atoms with Crippen LogP contribution in [0, 0.1) is 0 Å². The molecule has 94 valence electrons. The molecule has 3 rings (SSSR count). The van der Waals surface area contributed by atoms with Crippen LogP contribution in [0.2, 0.25) is 5.02 Å². The summed E-state index contributed by atoms with van der Waals surface area (Å²) in [6, 6.07) is 7.10. The van der Waals surface area contributed by atoms with Gasteiger partial charge in [0.15, 0.2) is 6.04 Å². The van der Waals surface area contributed by atoms with Crippen LogP contribution in [0.25, 0.3) is 0 Å². The van der Waals surface area contributed by atoms with Crippen LogP contribution in [0.1, 0.15) is 19.3 Å². The third-order valence-electron chi connectivity index (χ3n) is 3.39. The maximum Gasteiger partial charge on any atom is 0.292 e. The van der Waals surface area contributed by atoms with E-state index in [-0.39, 0.29) is 17.9 Å². The van der Waals surface area contributed by atoms with E-state index >= 15 is 0 Å². The molecule has 4 nitrogen and oxygen atoms in total. The lowest BCUT2D eigenvalue weighted by atomic mass is 10.2. The van der Waals surface area contributed by atoms with Gasteiger partial charge in [-0.05, 0) is 24.3 Å². The van der Waals surface area contributed by atoms with E-state index in [0.29, 0.717) is 23.2 Å². The number of carbonyl (C=O) groups is 2. The van der Waals surface area contributed by atoms with Gasteiger partial charge in [0.05, 0.1) is 18.2 Å². The minimum atomic E-state index is -0.235. The fraction of sp³-hybridized carbons (Fsp3) is 0.385. The first-order valence-electron chi connectivity index (χ1n) is 6.12. The van der Waals surface area contributed by atoms with E-state index in [9.17, 15) is 9.59 Å². The molecule has 2 aliphatic rings. The van der Waals surface area contributed by atoms with E-state index in [0.717, 1.165) is 12.8 Å². The number of hydrogen-bond acceptors (Lipinski definition) is 2. The van der Waals surface area contributed by atoms with Gasteiger partial charge in [0.1, 0.15) is 0 Å². The lowest BCUT2D eigenvalue weighted by Gasteiger charge is -2.14. The molecule has 1 atom stereocenters. The van der Waals surface area contributed by atoms with Crippen molar-refractivity contribution in [2.45, 2.75) is 31.3 Å². The third kappa shape index (κ3) is 2.13. The van der Waals surface area contributed by atoms with E-state index in [1.807, 2.05) is 5.32 Å². The highest BCUT2D eigenvalue weighted by molar-refractivity contribution is 6.30. The summed E-state index contributed by atoms with van der Waals surface area (Å²) in [7, 11) is 0. The fourth-order valence-electron chi connectivity index (χ4n) is 2.28. The molecule has 1 heterocycles. The summed E-state index contributed by atoms with van der Waals surface area (Å²) in [5.74, 6) is -0.224. The van der Waals surface area contributed by atoms with Gasteiger partial charge in [0.2, 0.25) is 5.91 Å². The summed E-state index contributed by atoms with van der Waals surface area (Å²) in [4.78, 5) is 25.4. The molecule has 0 unspecified atom stereocenters. The van der Waals surface area contributed by atoms with Gasteiger partial charge in [0, 0.05) is 17.9 Å². The van der Waals surface area contributed by atoms with Crippen LogP contribution in [0.4, 0.5) is 5.69 Å². The molecule has 1 saturated carbocycles. The molecule has 1 aromatic rings. The van der Waals surface area contributed by atoms with Crippen LogP contribution in [0.3, 0.4) is 0 Å². The molecule has 1 aromatic carbocycles. The predicted molar refractivity (Wildman–Crippen MR) is 67.3 cm³/mol. The molecule has 2 fully saturated rings. The zero-order valence-electron chi connectivity index (χ0n) is 9.80. The summed E-state index contributed by atoms with van der Waals surface area (Å²) >= 11 is 5.80. The molecule has 2 amide bonds. The van der Waals surface area contributed by atoms with Crippen molar-refractivity contribution < 1.29 is 14.9 Å². The number of quaternary nitrogens is 1. The minimum absolute atomic E-state index is 0.103. The Hall–Kier alpha value is -1.39. The number of nitrogens with zero attached hydrogens (tertiary/aromatic N) is 1. The fourth-order valence-corrected chi connectivity index (χ4v) is 2.41. The standard InChI is InChI=1S/C13H13ClN2O2/c14-8-1-5-10(6-2-8)16-12(17)7-11(13(16)18)15-9-3-4-9/h1-2,5-6,9,11,15H,3-4,7H2/p+1/t11-/m0/s1. The Morgan fingerprint density at radius 2 is 1.83 bits per heavy atom. The van der Waals surface area contributed by atoms with Crippen LogP contribution < -0.4 is 10.2 Å². The Labute approximate surface area is 110 Å². The van der Waals surface area contributed by atoms with Crippen molar-refractivity contribution in [3.05, 3.63) is 29.3 Å². The van der Waals surface area contributed by atoms with Crippen molar-refractivity contribution >= 4 is 29.1 Å². The molecular formula is C13H14ClN2O2+. The van der Waals surface area contributed by atoms with Crippen molar-refractivity contribution in [1.29, 1.82) is 0 Å². The first kappa shape index (κ1) is 11.7. The quantitative estimate of drug-likeness (QED) is 0.818. The average molecular weight is 266 g/mol. The molecule has 1 saturated heterocycles. The molecule has 0 bridgehead atoms. The van der Waals surface area contributed by atoms with Crippen LogP contribution in [-0.2, 0) is 9.59 Å². The third-order valence-corrected chi connectivity index (χ3v) is 3.64. The first-order chi connectivity index (χ1) is 8.65. The second-order valence-corrected chi connectivity index (χ2v) is 5.32. The smallest absolute Gasteiger partial charge is 0.292 e. The maximum absolute atomic E-state index is 12.2. The first-order valence-corrected chi connectivity index (χ1v) is 6.50. The highest BCUT2D eigenvalue weighted by Crippen LogP contribution is 2.24. The van der Waals surface area contributed by atoms with Gasteiger partial charge in [-0.3, -0.25) is 9.59 Å². The largest absolute Gasteiger partial charge is 0.333 e. The van der Waals surface area contributed by atoms with Gasteiger partial charge in [0.25, 0.3) is 5.91 Å². The normalized spacial score (nSPS) is 23.8. The van der Waals surface area contributed by atoms with Crippen LogP contribution >= 0.6 is 11.6 Å². The number of rotatable bonds is 3. The number of anilines is 1. The maximum atomic E-state index is 12.2. The van der Waals surface area contributed by atoms with Crippen LogP contribution in [0.15, 0.2) is 24.3 Å². The highest BCUT2D eigenvalue weighted by Gasteiger charge is 2.44. The number of halogens is 1. The minimum Gasteiger partial charge on any atom is -0.333 e. The van der Waals surface area contributed by atoms with Gasteiger partial charge in [-0.1, -0.05) is 11.6 Å². The number of hydrogen-bond donors (Lipinski definition) is 1. The number of nitrogens with two attached hydrogens (primary N) is 1. The SMILES string of the molecule is O=C1C[C@H]([NH2+]C2CC2)C(=O)N1c1ccc(Cl)cc1. The number of imide groups is 1. The number of benzene rings is 1. The predicted octanol–water partition coefficient (Wildman–Crippen LogP) is 0.698. The zero-order chi connectivity index (χ0) is 12.7. The Balaban J connectivity index is 1.80. The van der Waals surface area contributed by atoms with E-state index in [2.05, 4.69) is 0 Å².